The summed E-state index contributed by atoms with van der Waals surface area (Å²) in [5, 5.41) is 20.6. The first kappa shape index (κ1) is 12.2. The van der Waals surface area contributed by atoms with E-state index in [2.05, 4.69) is 15.5 Å². The maximum atomic E-state index is 9.96. The predicted molar refractivity (Wildman–Crippen MR) is 75.0 cm³/mol. The first-order valence-electron chi connectivity index (χ1n) is 6.86. The lowest BCUT2D eigenvalue weighted by molar-refractivity contribution is 0.370. The van der Waals surface area contributed by atoms with Crippen LogP contribution in [0.5, 0.6) is 5.75 Å². The number of nitrogens with zero attached hydrogens (tertiary/aromatic N) is 1. The minimum Gasteiger partial charge on any atom is -0.507 e. The zero-order chi connectivity index (χ0) is 13.1. The largest absolute Gasteiger partial charge is 0.507 e. The van der Waals surface area contributed by atoms with Crippen molar-refractivity contribution in [2.45, 2.75) is 19.3 Å². The molecule has 4 heteroatoms. The van der Waals surface area contributed by atoms with Crippen molar-refractivity contribution in [1.82, 2.24) is 15.5 Å². The van der Waals surface area contributed by atoms with Crippen LogP contribution in [-0.2, 0) is 6.42 Å². The number of phenols is 1. The number of hydrogen-bond acceptors (Lipinski definition) is 3. The molecule has 1 fully saturated rings. The van der Waals surface area contributed by atoms with Crippen LogP contribution in [0.15, 0.2) is 30.5 Å². The second-order valence-electron chi connectivity index (χ2n) is 5.18. The van der Waals surface area contributed by atoms with E-state index >= 15 is 0 Å². The van der Waals surface area contributed by atoms with Gasteiger partial charge >= 0.3 is 0 Å². The Morgan fingerprint density at radius 2 is 1.95 bits per heavy atom. The SMILES string of the molecule is Oc1ccccc1-c1cn[nH]c1CC1CCNCC1. The molecular weight excluding hydrogens is 238 g/mol. The molecule has 0 aliphatic carbocycles. The second kappa shape index (κ2) is 5.45. The van der Waals surface area contributed by atoms with Crippen molar-refractivity contribution in [1.29, 1.82) is 0 Å². The van der Waals surface area contributed by atoms with Gasteiger partial charge in [0.1, 0.15) is 5.75 Å². The van der Waals surface area contributed by atoms with Crippen LogP contribution < -0.4 is 5.32 Å². The predicted octanol–water partition coefficient (Wildman–Crippen LogP) is 2.32. The molecule has 19 heavy (non-hydrogen) atoms. The Morgan fingerprint density at radius 3 is 2.74 bits per heavy atom. The number of phenolic OH excluding ortho intramolecular Hbond substituents is 1. The third-order valence-electron chi connectivity index (χ3n) is 3.86. The van der Waals surface area contributed by atoms with Gasteiger partial charge in [-0.15, -0.1) is 0 Å². The number of hydrogen-bond donors (Lipinski definition) is 3. The maximum absolute atomic E-state index is 9.96. The molecule has 100 valence electrons. The molecule has 0 bridgehead atoms. The zero-order valence-electron chi connectivity index (χ0n) is 10.9. The summed E-state index contributed by atoms with van der Waals surface area (Å²) in [4.78, 5) is 0. The first-order chi connectivity index (χ1) is 9.34. The van der Waals surface area contributed by atoms with Gasteiger partial charge in [0.2, 0.25) is 0 Å². The van der Waals surface area contributed by atoms with Gasteiger partial charge in [0.25, 0.3) is 0 Å². The van der Waals surface area contributed by atoms with Crippen molar-refractivity contribution in [3.63, 3.8) is 0 Å². The number of benzene rings is 1. The summed E-state index contributed by atoms with van der Waals surface area (Å²) in [5.41, 5.74) is 3.02. The van der Waals surface area contributed by atoms with Crippen LogP contribution in [0.4, 0.5) is 0 Å². The minimum atomic E-state index is 0.315. The molecule has 0 spiro atoms. The Labute approximate surface area is 112 Å². The fraction of sp³-hybridized carbons (Fsp3) is 0.400. The normalized spacial score (nSPS) is 16.6. The van der Waals surface area contributed by atoms with Gasteiger partial charge in [0.15, 0.2) is 0 Å². The highest BCUT2D eigenvalue weighted by atomic mass is 16.3. The number of H-pyrrole nitrogens is 1. The molecule has 2 heterocycles. The minimum absolute atomic E-state index is 0.315. The van der Waals surface area contributed by atoms with Crippen LogP contribution in [0.3, 0.4) is 0 Å². The van der Waals surface area contributed by atoms with Crippen molar-refractivity contribution in [2.75, 3.05) is 13.1 Å². The monoisotopic (exact) mass is 257 g/mol. The van der Waals surface area contributed by atoms with E-state index in [4.69, 9.17) is 0 Å². The average molecular weight is 257 g/mol. The molecule has 3 rings (SSSR count). The molecule has 0 unspecified atom stereocenters. The van der Waals surface area contributed by atoms with E-state index in [0.29, 0.717) is 11.7 Å². The Hall–Kier alpha value is -1.81. The smallest absolute Gasteiger partial charge is 0.123 e. The van der Waals surface area contributed by atoms with E-state index in [1.165, 1.54) is 12.8 Å². The number of aromatic hydroxyl groups is 1. The summed E-state index contributed by atoms with van der Waals surface area (Å²) in [6.45, 7) is 2.20. The van der Waals surface area contributed by atoms with Gasteiger partial charge in [-0.25, -0.2) is 0 Å². The highest BCUT2D eigenvalue weighted by Crippen LogP contribution is 2.32. The summed E-state index contributed by atoms with van der Waals surface area (Å²) in [5.74, 6) is 1.02. The molecular formula is C15H19N3O. The molecule has 0 radical (unpaired) electrons. The summed E-state index contributed by atoms with van der Waals surface area (Å²) in [6.07, 6.45) is 5.23. The first-order valence-corrected chi connectivity index (χ1v) is 6.86. The molecule has 1 saturated heterocycles. The van der Waals surface area contributed by atoms with Gasteiger partial charge in [-0.1, -0.05) is 18.2 Å². The van der Waals surface area contributed by atoms with E-state index in [1.54, 1.807) is 6.07 Å². The van der Waals surface area contributed by atoms with Crippen LogP contribution >= 0.6 is 0 Å². The lowest BCUT2D eigenvalue weighted by Gasteiger charge is -2.22. The Bertz CT molecular complexity index is 544. The zero-order valence-corrected chi connectivity index (χ0v) is 10.9. The Balaban J connectivity index is 1.84. The van der Waals surface area contributed by atoms with Gasteiger partial charge in [0, 0.05) is 16.8 Å². The van der Waals surface area contributed by atoms with Crippen LogP contribution in [0.2, 0.25) is 0 Å². The summed E-state index contributed by atoms with van der Waals surface area (Å²) in [6, 6.07) is 7.44. The van der Waals surface area contributed by atoms with Gasteiger partial charge in [-0.3, -0.25) is 5.10 Å². The van der Waals surface area contributed by atoms with Crippen LogP contribution in [0, 0.1) is 5.92 Å². The molecule has 1 aromatic carbocycles. The van der Waals surface area contributed by atoms with Gasteiger partial charge in [-0.05, 0) is 44.3 Å². The lowest BCUT2D eigenvalue weighted by atomic mass is 9.91. The molecule has 3 N–H and O–H groups in total. The van der Waals surface area contributed by atoms with Crippen molar-refractivity contribution >= 4 is 0 Å². The van der Waals surface area contributed by atoms with E-state index in [9.17, 15) is 5.11 Å². The quantitative estimate of drug-likeness (QED) is 0.791. The summed E-state index contributed by atoms with van der Waals surface area (Å²) < 4.78 is 0. The Morgan fingerprint density at radius 1 is 1.16 bits per heavy atom. The molecule has 1 aromatic heterocycles. The third-order valence-corrected chi connectivity index (χ3v) is 3.86. The van der Waals surface area contributed by atoms with Crippen LogP contribution in [0.1, 0.15) is 18.5 Å². The van der Waals surface area contributed by atoms with Gasteiger partial charge in [-0.2, -0.15) is 5.10 Å². The molecule has 1 aliphatic heterocycles. The van der Waals surface area contributed by atoms with Crippen molar-refractivity contribution in [2.24, 2.45) is 5.92 Å². The van der Waals surface area contributed by atoms with Crippen molar-refractivity contribution in [3.8, 4) is 16.9 Å². The molecule has 0 atom stereocenters. The molecule has 1 aliphatic rings. The second-order valence-corrected chi connectivity index (χ2v) is 5.18. The highest BCUT2D eigenvalue weighted by Gasteiger charge is 2.18. The van der Waals surface area contributed by atoms with Crippen molar-refractivity contribution in [3.05, 3.63) is 36.2 Å². The number of aromatic nitrogens is 2. The number of aromatic amines is 1. The summed E-state index contributed by atoms with van der Waals surface area (Å²) in [7, 11) is 0. The third kappa shape index (κ3) is 2.63. The van der Waals surface area contributed by atoms with Gasteiger partial charge in [0.05, 0.1) is 6.20 Å². The van der Waals surface area contributed by atoms with Crippen molar-refractivity contribution < 1.29 is 5.11 Å². The average Bonchev–Trinajstić information content (AvgIpc) is 2.88. The number of piperidine rings is 1. The lowest BCUT2D eigenvalue weighted by Crippen LogP contribution is -2.28. The van der Waals surface area contributed by atoms with E-state index < -0.39 is 0 Å². The number of rotatable bonds is 3. The molecule has 2 aromatic rings. The standard InChI is InChI=1S/C15H19N3O/c19-15-4-2-1-3-12(15)13-10-17-18-14(13)9-11-5-7-16-8-6-11/h1-4,10-11,16,19H,5-9H2,(H,17,18). The maximum Gasteiger partial charge on any atom is 0.123 e. The van der Waals surface area contributed by atoms with Crippen LogP contribution in [-0.4, -0.2) is 28.4 Å². The summed E-state index contributed by atoms with van der Waals surface area (Å²) >= 11 is 0. The van der Waals surface area contributed by atoms with Gasteiger partial charge < -0.3 is 10.4 Å². The van der Waals surface area contributed by atoms with E-state index in [0.717, 1.165) is 36.3 Å². The van der Waals surface area contributed by atoms with E-state index in [-0.39, 0.29) is 0 Å². The Kier molecular flexibility index (Phi) is 3.51. The number of nitrogens with one attached hydrogen (secondary N) is 2. The van der Waals surface area contributed by atoms with Crippen LogP contribution in [0.25, 0.3) is 11.1 Å². The molecule has 4 nitrogen and oxygen atoms in total. The fourth-order valence-electron chi connectivity index (χ4n) is 2.78. The van der Waals surface area contributed by atoms with E-state index in [1.807, 2.05) is 24.4 Å². The molecule has 0 amide bonds. The number of para-hydroxylation sites is 1. The highest BCUT2D eigenvalue weighted by molar-refractivity contribution is 5.71. The molecule has 0 saturated carbocycles. The topological polar surface area (TPSA) is 60.9 Å². The fourth-order valence-corrected chi connectivity index (χ4v) is 2.78.